The Bertz CT molecular complexity index is 375. The van der Waals surface area contributed by atoms with Gasteiger partial charge in [-0.2, -0.15) is 0 Å². The second-order valence-corrected chi connectivity index (χ2v) is 4.83. The van der Waals surface area contributed by atoms with E-state index in [1.807, 2.05) is 19.1 Å². The van der Waals surface area contributed by atoms with Crippen LogP contribution in [0.5, 0.6) is 0 Å². The third-order valence-electron chi connectivity index (χ3n) is 1.98. The van der Waals surface area contributed by atoms with Gasteiger partial charge < -0.3 is 10.4 Å². The summed E-state index contributed by atoms with van der Waals surface area (Å²) >= 11 is 0. The van der Waals surface area contributed by atoms with Crippen LogP contribution in [0.3, 0.4) is 0 Å². The number of nitrogens with one attached hydrogen (secondary N) is 1. The first-order valence-corrected chi connectivity index (χ1v) is 6.28. The Labute approximate surface area is 97.1 Å². The highest BCUT2D eigenvalue weighted by Gasteiger charge is 2.09. The minimum atomic E-state index is -1.32. The van der Waals surface area contributed by atoms with Crippen LogP contribution in [0.1, 0.15) is 5.56 Å². The lowest BCUT2D eigenvalue weighted by atomic mass is 10.2. The SMILES string of the molecule is Cc1ccc([S@](=O)CC(=O)NCCO)cc1. The van der Waals surface area contributed by atoms with Crippen molar-refractivity contribution in [2.75, 3.05) is 18.9 Å². The van der Waals surface area contributed by atoms with Crippen molar-refractivity contribution in [3.05, 3.63) is 29.8 Å². The summed E-state index contributed by atoms with van der Waals surface area (Å²) in [7, 11) is -1.32. The highest BCUT2D eigenvalue weighted by atomic mass is 32.2. The fourth-order valence-electron chi connectivity index (χ4n) is 1.14. The smallest absolute Gasteiger partial charge is 0.233 e. The topological polar surface area (TPSA) is 66.4 Å². The van der Waals surface area contributed by atoms with Crippen LogP contribution in [0.25, 0.3) is 0 Å². The first-order chi connectivity index (χ1) is 7.63. The van der Waals surface area contributed by atoms with Crippen LogP contribution in [-0.2, 0) is 15.6 Å². The number of amides is 1. The van der Waals surface area contributed by atoms with Crippen molar-refractivity contribution in [2.45, 2.75) is 11.8 Å². The number of carbonyl (C=O) groups excluding carboxylic acids is 1. The first-order valence-electron chi connectivity index (χ1n) is 4.96. The maximum absolute atomic E-state index is 11.7. The Kier molecular flexibility index (Phi) is 5.14. The minimum absolute atomic E-state index is 0.0664. The number of benzene rings is 1. The maximum Gasteiger partial charge on any atom is 0.233 e. The molecule has 0 heterocycles. The monoisotopic (exact) mass is 241 g/mol. The van der Waals surface area contributed by atoms with Gasteiger partial charge in [-0.3, -0.25) is 9.00 Å². The molecule has 0 bridgehead atoms. The number of aliphatic hydroxyl groups is 1. The second kappa shape index (κ2) is 6.40. The molecule has 0 spiro atoms. The van der Waals surface area contributed by atoms with E-state index in [0.29, 0.717) is 4.90 Å². The molecule has 0 saturated carbocycles. The van der Waals surface area contributed by atoms with E-state index in [-0.39, 0.29) is 24.8 Å². The highest BCUT2D eigenvalue weighted by molar-refractivity contribution is 7.85. The minimum Gasteiger partial charge on any atom is -0.395 e. The first kappa shape index (κ1) is 12.9. The van der Waals surface area contributed by atoms with Gasteiger partial charge in [0.2, 0.25) is 5.91 Å². The van der Waals surface area contributed by atoms with Crippen LogP contribution in [-0.4, -0.2) is 34.1 Å². The van der Waals surface area contributed by atoms with Gasteiger partial charge in [0.15, 0.2) is 0 Å². The predicted octanol–water partition coefficient (Wildman–Crippen LogP) is 0.211. The molecule has 0 aliphatic heterocycles. The van der Waals surface area contributed by atoms with E-state index >= 15 is 0 Å². The fraction of sp³-hybridized carbons (Fsp3) is 0.364. The molecule has 0 fully saturated rings. The Morgan fingerprint density at radius 3 is 2.56 bits per heavy atom. The van der Waals surface area contributed by atoms with E-state index in [9.17, 15) is 9.00 Å². The molecule has 0 aromatic heterocycles. The Morgan fingerprint density at radius 2 is 2.00 bits per heavy atom. The van der Waals surface area contributed by atoms with Crippen molar-refractivity contribution < 1.29 is 14.1 Å². The van der Waals surface area contributed by atoms with Crippen LogP contribution in [0, 0.1) is 6.92 Å². The molecule has 88 valence electrons. The van der Waals surface area contributed by atoms with Crippen molar-refractivity contribution in [1.82, 2.24) is 5.32 Å². The molecule has 0 aliphatic rings. The van der Waals surface area contributed by atoms with Gasteiger partial charge in [0.25, 0.3) is 0 Å². The zero-order valence-electron chi connectivity index (χ0n) is 9.10. The normalized spacial score (nSPS) is 12.1. The summed E-state index contributed by atoms with van der Waals surface area (Å²) in [4.78, 5) is 11.9. The Hall–Kier alpha value is -1.20. The van der Waals surface area contributed by atoms with Crippen molar-refractivity contribution in [3.63, 3.8) is 0 Å². The standard InChI is InChI=1S/C11H15NO3S/c1-9-2-4-10(5-3-9)16(15)8-11(14)12-6-7-13/h2-5,13H,6-8H2,1H3,(H,12,14)/t16-/m1/s1. The van der Waals surface area contributed by atoms with Crippen molar-refractivity contribution in [1.29, 1.82) is 0 Å². The quantitative estimate of drug-likeness (QED) is 0.774. The van der Waals surface area contributed by atoms with E-state index in [4.69, 9.17) is 5.11 Å². The third-order valence-corrected chi connectivity index (χ3v) is 3.30. The highest BCUT2D eigenvalue weighted by Crippen LogP contribution is 2.08. The van der Waals surface area contributed by atoms with E-state index in [0.717, 1.165) is 5.56 Å². The average Bonchev–Trinajstić information content (AvgIpc) is 2.27. The third kappa shape index (κ3) is 4.12. The lowest BCUT2D eigenvalue weighted by Crippen LogP contribution is -2.30. The van der Waals surface area contributed by atoms with Gasteiger partial charge in [0.05, 0.1) is 17.4 Å². The molecule has 5 heteroatoms. The van der Waals surface area contributed by atoms with Gasteiger partial charge in [-0.05, 0) is 19.1 Å². The maximum atomic E-state index is 11.7. The van der Waals surface area contributed by atoms with Gasteiger partial charge in [0, 0.05) is 11.4 Å². The molecule has 0 unspecified atom stereocenters. The molecule has 0 aliphatic carbocycles. The predicted molar refractivity (Wildman–Crippen MR) is 62.5 cm³/mol. The van der Waals surface area contributed by atoms with Gasteiger partial charge >= 0.3 is 0 Å². The van der Waals surface area contributed by atoms with E-state index in [1.54, 1.807) is 12.1 Å². The lowest BCUT2D eigenvalue weighted by Gasteiger charge is -2.03. The van der Waals surface area contributed by atoms with Crippen LogP contribution in [0.15, 0.2) is 29.2 Å². The summed E-state index contributed by atoms with van der Waals surface area (Å²) < 4.78 is 11.7. The van der Waals surface area contributed by atoms with E-state index in [1.165, 1.54) is 0 Å². The average molecular weight is 241 g/mol. The number of aliphatic hydroxyl groups excluding tert-OH is 1. The van der Waals surface area contributed by atoms with Gasteiger partial charge in [-0.15, -0.1) is 0 Å². The molecule has 1 amide bonds. The van der Waals surface area contributed by atoms with Crippen LogP contribution < -0.4 is 5.32 Å². The largest absolute Gasteiger partial charge is 0.395 e. The fourth-order valence-corrected chi connectivity index (χ4v) is 2.09. The number of carbonyl (C=O) groups is 1. The lowest BCUT2D eigenvalue weighted by molar-refractivity contribution is -0.118. The summed E-state index contributed by atoms with van der Waals surface area (Å²) in [6.45, 7) is 2.04. The summed E-state index contributed by atoms with van der Waals surface area (Å²) in [6.07, 6.45) is 0. The van der Waals surface area contributed by atoms with Crippen LogP contribution in [0.2, 0.25) is 0 Å². The van der Waals surface area contributed by atoms with Crippen molar-refractivity contribution in [3.8, 4) is 0 Å². The molecule has 1 aromatic rings. The molecule has 1 rings (SSSR count). The molecule has 16 heavy (non-hydrogen) atoms. The molecule has 1 aromatic carbocycles. The summed E-state index contributed by atoms with van der Waals surface area (Å²) in [5.74, 6) is -0.378. The number of hydrogen-bond donors (Lipinski definition) is 2. The van der Waals surface area contributed by atoms with Crippen molar-refractivity contribution >= 4 is 16.7 Å². The number of hydrogen-bond acceptors (Lipinski definition) is 3. The van der Waals surface area contributed by atoms with Crippen LogP contribution in [0.4, 0.5) is 0 Å². The summed E-state index contributed by atoms with van der Waals surface area (Å²) in [6, 6.07) is 7.23. The molecule has 4 nitrogen and oxygen atoms in total. The Morgan fingerprint density at radius 1 is 1.38 bits per heavy atom. The van der Waals surface area contributed by atoms with Gasteiger partial charge in [-0.25, -0.2) is 0 Å². The van der Waals surface area contributed by atoms with Crippen LogP contribution >= 0.6 is 0 Å². The number of rotatable bonds is 5. The summed E-state index contributed by atoms with van der Waals surface area (Å²) in [5, 5.41) is 11.0. The summed E-state index contributed by atoms with van der Waals surface area (Å²) in [5.41, 5.74) is 1.09. The van der Waals surface area contributed by atoms with E-state index < -0.39 is 10.8 Å². The zero-order chi connectivity index (χ0) is 12.0. The molecule has 1 atom stereocenters. The van der Waals surface area contributed by atoms with Crippen molar-refractivity contribution in [2.24, 2.45) is 0 Å². The molecule has 2 N–H and O–H groups in total. The molecular weight excluding hydrogens is 226 g/mol. The van der Waals surface area contributed by atoms with E-state index in [2.05, 4.69) is 5.32 Å². The molecular formula is C11H15NO3S. The molecule has 0 saturated heterocycles. The Balaban J connectivity index is 2.52. The van der Waals surface area contributed by atoms with Gasteiger partial charge in [0.1, 0.15) is 5.75 Å². The number of aryl methyl sites for hydroxylation is 1. The second-order valence-electron chi connectivity index (χ2n) is 3.38. The molecule has 0 radical (unpaired) electrons. The zero-order valence-corrected chi connectivity index (χ0v) is 9.92. The van der Waals surface area contributed by atoms with Gasteiger partial charge in [-0.1, -0.05) is 17.7 Å².